The average molecular weight is 393 g/mol. The number of aryl methyl sites for hydroxylation is 2. The van der Waals surface area contributed by atoms with Gasteiger partial charge in [-0.25, -0.2) is 22.5 Å². The van der Waals surface area contributed by atoms with Crippen LogP contribution in [0.1, 0.15) is 31.7 Å². The first-order valence-electron chi connectivity index (χ1n) is 8.34. The number of imidazole rings is 1. The maximum absolute atomic E-state index is 12.8. The van der Waals surface area contributed by atoms with Crippen molar-refractivity contribution >= 4 is 32.4 Å². The molecular formula is C16H19N5O3S2. The zero-order valence-corrected chi connectivity index (χ0v) is 16.3. The number of nitrogens with one attached hydrogen (secondary N) is 1. The Morgan fingerprint density at radius 1 is 1.27 bits per heavy atom. The van der Waals surface area contributed by atoms with Gasteiger partial charge in [0.25, 0.3) is 0 Å². The van der Waals surface area contributed by atoms with Gasteiger partial charge in [0.1, 0.15) is 5.01 Å². The summed E-state index contributed by atoms with van der Waals surface area (Å²) in [6, 6.07) is 4.75. The molecular weight excluding hydrogens is 374 g/mol. The van der Waals surface area contributed by atoms with Crippen molar-refractivity contribution in [2.45, 2.75) is 50.6 Å². The molecule has 1 saturated carbocycles. The molecule has 2 aromatic heterocycles. The molecule has 138 valence electrons. The van der Waals surface area contributed by atoms with E-state index in [0.29, 0.717) is 22.7 Å². The van der Waals surface area contributed by atoms with E-state index in [9.17, 15) is 13.2 Å². The van der Waals surface area contributed by atoms with Crippen LogP contribution in [-0.4, -0.2) is 33.3 Å². The van der Waals surface area contributed by atoms with Gasteiger partial charge in [-0.05, 0) is 51.8 Å². The summed E-state index contributed by atoms with van der Waals surface area (Å²) >= 11 is 1.29. The molecule has 2 heterocycles. The molecule has 26 heavy (non-hydrogen) atoms. The maximum Gasteiger partial charge on any atom is 0.335 e. The highest BCUT2D eigenvalue weighted by molar-refractivity contribution is 7.89. The van der Waals surface area contributed by atoms with Gasteiger partial charge in [-0.2, -0.15) is 0 Å². The zero-order valence-electron chi connectivity index (χ0n) is 14.7. The van der Waals surface area contributed by atoms with Crippen molar-refractivity contribution in [3.8, 4) is 5.13 Å². The van der Waals surface area contributed by atoms with Crippen LogP contribution in [0.15, 0.2) is 27.9 Å². The quantitative estimate of drug-likeness (QED) is 0.713. The van der Waals surface area contributed by atoms with Crippen molar-refractivity contribution in [2.75, 3.05) is 0 Å². The Morgan fingerprint density at radius 3 is 2.58 bits per heavy atom. The van der Waals surface area contributed by atoms with Gasteiger partial charge in [0.05, 0.1) is 15.9 Å². The van der Waals surface area contributed by atoms with Crippen molar-refractivity contribution < 1.29 is 8.42 Å². The molecule has 1 aromatic carbocycles. The molecule has 1 N–H and O–H groups in total. The summed E-state index contributed by atoms with van der Waals surface area (Å²) in [6.45, 7) is 6.04. The van der Waals surface area contributed by atoms with Crippen molar-refractivity contribution in [1.29, 1.82) is 0 Å². The van der Waals surface area contributed by atoms with Gasteiger partial charge in [0.2, 0.25) is 15.2 Å². The lowest BCUT2D eigenvalue weighted by molar-refractivity contribution is 0.558. The molecule has 1 fully saturated rings. The van der Waals surface area contributed by atoms with E-state index in [1.54, 1.807) is 17.6 Å². The number of nitrogens with zero attached hydrogens (tertiary/aromatic N) is 4. The van der Waals surface area contributed by atoms with Crippen molar-refractivity contribution in [3.63, 3.8) is 0 Å². The minimum Gasteiger partial charge on any atom is -0.292 e. The summed E-state index contributed by atoms with van der Waals surface area (Å²) in [5, 5.41) is 9.20. The van der Waals surface area contributed by atoms with E-state index in [2.05, 4.69) is 14.9 Å². The number of sulfonamides is 1. The lowest BCUT2D eigenvalue weighted by Gasteiger charge is -2.12. The standard InChI is InChI=1S/C16H19N5O3S2/c1-4-20-12-6-5-11(26(23,24)19-16(3)7-8-16)9-13(12)21(15(20)22)14-18-17-10(2)25-14/h5-6,9,19H,4,7-8H2,1-3H3. The highest BCUT2D eigenvalue weighted by Gasteiger charge is 2.41. The third-order valence-corrected chi connectivity index (χ3v) is 7.07. The summed E-state index contributed by atoms with van der Waals surface area (Å²) in [5.74, 6) is 0. The predicted octanol–water partition coefficient (Wildman–Crippen LogP) is 1.80. The van der Waals surface area contributed by atoms with Gasteiger partial charge < -0.3 is 0 Å². The third-order valence-electron chi connectivity index (χ3n) is 4.61. The topological polar surface area (TPSA) is 98.9 Å². The fourth-order valence-electron chi connectivity index (χ4n) is 2.94. The smallest absolute Gasteiger partial charge is 0.292 e. The van der Waals surface area contributed by atoms with Gasteiger partial charge in [-0.3, -0.25) is 4.57 Å². The fourth-order valence-corrected chi connectivity index (χ4v) is 5.12. The Balaban J connectivity index is 1.93. The summed E-state index contributed by atoms with van der Waals surface area (Å²) in [6.07, 6.45) is 1.66. The summed E-state index contributed by atoms with van der Waals surface area (Å²) in [7, 11) is -3.66. The minimum absolute atomic E-state index is 0.140. The van der Waals surface area contributed by atoms with Crippen LogP contribution in [0.2, 0.25) is 0 Å². The number of fused-ring (bicyclic) bond motifs is 1. The first-order valence-corrected chi connectivity index (χ1v) is 10.6. The molecule has 0 aliphatic heterocycles. The number of benzene rings is 1. The Bertz CT molecular complexity index is 1170. The van der Waals surface area contributed by atoms with Crippen LogP contribution in [0, 0.1) is 6.92 Å². The normalized spacial score (nSPS) is 16.3. The highest BCUT2D eigenvalue weighted by atomic mass is 32.2. The summed E-state index contributed by atoms with van der Waals surface area (Å²) < 4.78 is 31.2. The number of hydrogen-bond acceptors (Lipinski definition) is 6. The van der Waals surface area contributed by atoms with Gasteiger partial charge in [0.15, 0.2) is 0 Å². The van der Waals surface area contributed by atoms with Crippen molar-refractivity contribution in [3.05, 3.63) is 33.7 Å². The highest BCUT2D eigenvalue weighted by Crippen LogP contribution is 2.36. The molecule has 0 spiro atoms. The van der Waals surface area contributed by atoms with Gasteiger partial charge >= 0.3 is 5.69 Å². The molecule has 0 radical (unpaired) electrons. The molecule has 8 nitrogen and oxygen atoms in total. The lowest BCUT2D eigenvalue weighted by atomic mass is 10.3. The molecule has 1 aliphatic rings. The number of rotatable bonds is 5. The van der Waals surface area contributed by atoms with E-state index in [0.717, 1.165) is 17.8 Å². The number of aromatic nitrogens is 4. The Hall–Kier alpha value is -2.04. The zero-order chi connectivity index (χ0) is 18.7. The van der Waals surface area contributed by atoms with Crippen molar-refractivity contribution in [1.82, 2.24) is 24.1 Å². The molecule has 0 saturated heterocycles. The molecule has 0 atom stereocenters. The largest absolute Gasteiger partial charge is 0.335 e. The van der Waals surface area contributed by atoms with Crippen molar-refractivity contribution in [2.24, 2.45) is 0 Å². The summed E-state index contributed by atoms with van der Waals surface area (Å²) in [5.41, 5.74) is 0.563. The fraction of sp³-hybridized carbons (Fsp3) is 0.438. The van der Waals surface area contributed by atoms with E-state index >= 15 is 0 Å². The number of hydrogen-bond donors (Lipinski definition) is 1. The van der Waals surface area contributed by atoms with E-state index in [-0.39, 0.29) is 16.1 Å². The second kappa shape index (κ2) is 5.73. The lowest BCUT2D eigenvalue weighted by Crippen LogP contribution is -2.34. The molecule has 4 rings (SSSR count). The molecule has 3 aromatic rings. The Morgan fingerprint density at radius 2 is 2.00 bits per heavy atom. The van der Waals surface area contributed by atoms with Gasteiger partial charge in [0, 0.05) is 12.1 Å². The van der Waals surface area contributed by atoms with Crippen LogP contribution in [-0.2, 0) is 16.6 Å². The second-order valence-electron chi connectivity index (χ2n) is 6.78. The Kier molecular flexibility index (Phi) is 3.83. The van der Waals surface area contributed by atoms with E-state index in [1.807, 2.05) is 13.8 Å². The summed E-state index contributed by atoms with van der Waals surface area (Å²) in [4.78, 5) is 13.0. The van der Waals surface area contributed by atoms with Gasteiger partial charge in [-0.1, -0.05) is 11.3 Å². The van der Waals surface area contributed by atoms with Crippen LogP contribution in [0.4, 0.5) is 0 Å². The average Bonchev–Trinajstić information content (AvgIpc) is 3.01. The first kappa shape index (κ1) is 17.4. The molecule has 0 bridgehead atoms. The van der Waals surface area contributed by atoms with E-state index in [1.165, 1.54) is 28.0 Å². The minimum atomic E-state index is -3.66. The Labute approximate surface area is 154 Å². The van der Waals surface area contributed by atoms with E-state index in [4.69, 9.17) is 0 Å². The molecule has 1 aliphatic carbocycles. The first-order chi connectivity index (χ1) is 12.2. The second-order valence-corrected chi connectivity index (χ2v) is 9.63. The van der Waals surface area contributed by atoms with E-state index < -0.39 is 10.0 Å². The monoisotopic (exact) mass is 393 g/mol. The van der Waals surface area contributed by atoms with Crippen LogP contribution in [0.25, 0.3) is 16.2 Å². The SMILES string of the molecule is CCn1c(=O)n(-c2nnc(C)s2)c2cc(S(=O)(=O)NC3(C)CC3)ccc21. The van der Waals surface area contributed by atoms with Crippen LogP contribution in [0.5, 0.6) is 0 Å². The molecule has 10 heteroatoms. The van der Waals surface area contributed by atoms with Gasteiger partial charge in [-0.15, -0.1) is 10.2 Å². The molecule has 0 amide bonds. The predicted molar refractivity (Wildman–Crippen MR) is 99.4 cm³/mol. The third kappa shape index (κ3) is 2.78. The van der Waals surface area contributed by atoms with Crippen LogP contribution < -0.4 is 10.4 Å². The van der Waals surface area contributed by atoms with Crippen LogP contribution >= 0.6 is 11.3 Å². The maximum atomic E-state index is 12.8. The van der Waals surface area contributed by atoms with Crippen LogP contribution in [0.3, 0.4) is 0 Å². The molecule has 0 unspecified atom stereocenters.